The highest BCUT2D eigenvalue weighted by atomic mass is 16.7. The lowest BCUT2D eigenvalue weighted by Gasteiger charge is -2.39. The molecule has 0 amide bonds. The van der Waals surface area contributed by atoms with Gasteiger partial charge in [0.15, 0.2) is 12.4 Å². The van der Waals surface area contributed by atoms with Crippen LogP contribution in [0.4, 0.5) is 0 Å². The van der Waals surface area contributed by atoms with Crippen molar-refractivity contribution in [2.75, 3.05) is 19.8 Å². The number of unbranched alkanes of at least 4 members (excludes halogenated alkanes) is 18. The van der Waals surface area contributed by atoms with E-state index in [9.17, 15) is 30.0 Å². The smallest absolute Gasteiger partial charge is 0.306 e. The van der Waals surface area contributed by atoms with E-state index in [4.69, 9.17) is 18.9 Å². The normalized spacial score (nSPS) is 21.8. The topological polar surface area (TPSA) is 152 Å². The molecular weight excluding hydrogens is 616 g/mol. The third kappa shape index (κ3) is 22.2. The molecule has 0 bridgehead atoms. The lowest BCUT2D eigenvalue weighted by molar-refractivity contribution is -0.305. The van der Waals surface area contributed by atoms with E-state index in [0.29, 0.717) is 6.42 Å². The van der Waals surface area contributed by atoms with Gasteiger partial charge in [-0.15, -0.1) is 0 Å². The minimum absolute atomic E-state index is 0.216. The zero-order valence-electron chi connectivity index (χ0n) is 30.2. The summed E-state index contributed by atoms with van der Waals surface area (Å²) in [5, 5.41) is 39.9. The fourth-order valence-corrected chi connectivity index (χ4v) is 5.77. The lowest BCUT2D eigenvalue weighted by atomic mass is 9.99. The van der Waals surface area contributed by atoms with Gasteiger partial charge in [0.2, 0.25) is 0 Å². The summed E-state index contributed by atoms with van der Waals surface area (Å²) in [5.74, 6) is -0.815. The van der Waals surface area contributed by atoms with Crippen molar-refractivity contribution in [1.82, 2.24) is 0 Å². The maximum atomic E-state index is 12.7. The van der Waals surface area contributed by atoms with Crippen LogP contribution < -0.4 is 0 Å². The monoisotopic (exact) mass is 686 g/mol. The molecule has 1 aliphatic rings. The number of aliphatic hydroxyl groups is 4. The van der Waals surface area contributed by atoms with E-state index in [0.717, 1.165) is 57.8 Å². The predicted octanol–water partition coefficient (Wildman–Crippen LogP) is 6.83. The number of carbonyl (C=O) groups is 2. The van der Waals surface area contributed by atoms with Crippen LogP contribution in [0.1, 0.15) is 162 Å². The van der Waals surface area contributed by atoms with Crippen molar-refractivity contribution in [3.8, 4) is 0 Å². The van der Waals surface area contributed by atoms with E-state index < -0.39 is 49.4 Å². The second-order valence-electron chi connectivity index (χ2n) is 13.4. The Morgan fingerprint density at radius 1 is 0.625 bits per heavy atom. The van der Waals surface area contributed by atoms with Crippen LogP contribution in [0, 0.1) is 0 Å². The summed E-state index contributed by atoms with van der Waals surface area (Å²) in [7, 11) is 0. The number of rotatable bonds is 31. The van der Waals surface area contributed by atoms with Crippen molar-refractivity contribution in [1.29, 1.82) is 0 Å². The lowest BCUT2D eigenvalue weighted by Crippen LogP contribution is -2.59. The minimum atomic E-state index is -1.59. The van der Waals surface area contributed by atoms with Gasteiger partial charge >= 0.3 is 11.9 Å². The quantitative estimate of drug-likeness (QED) is 0.0347. The molecule has 282 valence electrons. The number of esters is 2. The van der Waals surface area contributed by atoms with Gasteiger partial charge in [-0.1, -0.05) is 122 Å². The molecule has 0 radical (unpaired) electrons. The summed E-state index contributed by atoms with van der Waals surface area (Å²) < 4.78 is 22.0. The van der Waals surface area contributed by atoms with Crippen LogP contribution in [0.25, 0.3) is 0 Å². The third-order valence-electron chi connectivity index (χ3n) is 8.90. The van der Waals surface area contributed by atoms with E-state index in [-0.39, 0.29) is 32.0 Å². The second-order valence-corrected chi connectivity index (χ2v) is 13.4. The Morgan fingerprint density at radius 2 is 1.10 bits per heavy atom. The van der Waals surface area contributed by atoms with Gasteiger partial charge in [-0.05, 0) is 38.5 Å². The first kappa shape index (κ1) is 44.5. The van der Waals surface area contributed by atoms with Gasteiger partial charge < -0.3 is 39.4 Å². The molecule has 48 heavy (non-hydrogen) atoms. The third-order valence-corrected chi connectivity index (χ3v) is 8.90. The van der Waals surface area contributed by atoms with Gasteiger partial charge in [0.25, 0.3) is 0 Å². The number of carbonyl (C=O) groups excluding carboxylic acids is 2. The Kier molecular flexibility index (Phi) is 28.0. The molecule has 0 aliphatic carbocycles. The van der Waals surface area contributed by atoms with Gasteiger partial charge in [-0.2, -0.15) is 0 Å². The van der Waals surface area contributed by atoms with Crippen molar-refractivity contribution in [3.63, 3.8) is 0 Å². The molecule has 0 spiro atoms. The largest absolute Gasteiger partial charge is 0.462 e. The summed E-state index contributed by atoms with van der Waals surface area (Å²) in [6.07, 6.45) is 20.8. The molecule has 6 atom stereocenters. The molecule has 1 aliphatic heterocycles. The Bertz CT molecular complexity index is 804. The van der Waals surface area contributed by atoms with Gasteiger partial charge in [-0.25, -0.2) is 0 Å². The molecule has 1 fully saturated rings. The van der Waals surface area contributed by atoms with Crippen LogP contribution in [0.5, 0.6) is 0 Å². The molecule has 2 unspecified atom stereocenters. The van der Waals surface area contributed by atoms with Crippen LogP contribution in [0.2, 0.25) is 0 Å². The van der Waals surface area contributed by atoms with Crippen LogP contribution >= 0.6 is 0 Å². The van der Waals surface area contributed by atoms with Crippen molar-refractivity contribution in [2.45, 2.75) is 198 Å². The standard InChI is InChI=1S/C38H70O10/c1-3-5-7-9-11-13-15-17-19-21-23-25-27-34(41)47-31(30-46-38-37(44)36(43)35(42)32(28-39)48-38)29-45-33(40)26-24-22-20-18-16-14-12-10-8-6-4-2/h11,13,31-32,35-39,42-44H,3-10,12,14-30H2,1-2H3/b13-11+/t31-,32-,35+,36?,37?,38-/m1/s1. The molecular formula is C38H70O10. The summed E-state index contributed by atoms with van der Waals surface area (Å²) in [4.78, 5) is 25.1. The van der Waals surface area contributed by atoms with Gasteiger partial charge in [-0.3, -0.25) is 9.59 Å². The molecule has 0 aromatic heterocycles. The molecule has 0 saturated carbocycles. The summed E-state index contributed by atoms with van der Waals surface area (Å²) in [6.45, 7) is 3.36. The summed E-state index contributed by atoms with van der Waals surface area (Å²) in [6, 6.07) is 0. The van der Waals surface area contributed by atoms with Crippen LogP contribution in [0.3, 0.4) is 0 Å². The first-order valence-corrected chi connectivity index (χ1v) is 19.3. The number of allylic oxidation sites excluding steroid dienone is 2. The molecule has 1 saturated heterocycles. The maximum absolute atomic E-state index is 12.7. The van der Waals surface area contributed by atoms with Crippen LogP contribution in [-0.4, -0.2) is 89.0 Å². The van der Waals surface area contributed by atoms with E-state index in [1.807, 2.05) is 0 Å². The summed E-state index contributed by atoms with van der Waals surface area (Å²) >= 11 is 0. The molecule has 1 heterocycles. The average molecular weight is 687 g/mol. The second kappa shape index (κ2) is 30.3. The fraction of sp³-hybridized carbons (Fsp3) is 0.895. The molecule has 0 aromatic rings. The van der Waals surface area contributed by atoms with E-state index in [1.54, 1.807) is 0 Å². The highest BCUT2D eigenvalue weighted by Crippen LogP contribution is 2.22. The van der Waals surface area contributed by atoms with E-state index >= 15 is 0 Å². The average Bonchev–Trinajstić information content (AvgIpc) is 3.08. The van der Waals surface area contributed by atoms with Gasteiger partial charge in [0, 0.05) is 12.8 Å². The first-order chi connectivity index (χ1) is 23.3. The molecule has 1 rings (SSSR count). The molecule has 10 nitrogen and oxygen atoms in total. The minimum Gasteiger partial charge on any atom is -0.462 e. The first-order valence-electron chi connectivity index (χ1n) is 19.3. The number of aliphatic hydroxyl groups excluding tert-OH is 4. The van der Waals surface area contributed by atoms with Crippen LogP contribution in [0.15, 0.2) is 12.2 Å². The highest BCUT2D eigenvalue weighted by molar-refractivity contribution is 5.70. The van der Waals surface area contributed by atoms with Gasteiger partial charge in [0.05, 0.1) is 13.2 Å². The number of hydrogen-bond acceptors (Lipinski definition) is 10. The number of ether oxygens (including phenoxy) is 4. The number of hydrogen-bond donors (Lipinski definition) is 4. The maximum Gasteiger partial charge on any atom is 0.306 e. The molecule has 10 heteroatoms. The Morgan fingerprint density at radius 3 is 1.67 bits per heavy atom. The van der Waals surface area contributed by atoms with Crippen molar-refractivity contribution < 1.29 is 49.0 Å². The Hall–Kier alpha value is -1.56. The fourth-order valence-electron chi connectivity index (χ4n) is 5.77. The van der Waals surface area contributed by atoms with E-state index in [1.165, 1.54) is 70.6 Å². The highest BCUT2D eigenvalue weighted by Gasteiger charge is 2.44. The van der Waals surface area contributed by atoms with E-state index in [2.05, 4.69) is 26.0 Å². The molecule has 0 aromatic carbocycles. The molecule has 4 N–H and O–H groups in total. The Labute approximate surface area is 291 Å². The van der Waals surface area contributed by atoms with Crippen molar-refractivity contribution >= 4 is 11.9 Å². The van der Waals surface area contributed by atoms with Crippen molar-refractivity contribution in [3.05, 3.63) is 12.2 Å². The van der Waals surface area contributed by atoms with Crippen LogP contribution in [-0.2, 0) is 28.5 Å². The predicted molar refractivity (Wildman–Crippen MR) is 187 cm³/mol. The SMILES string of the molecule is CCCCC/C=C/CCCCCCCC(=O)O[C@H](COC(=O)CCCCCCCCCCCCC)CO[C@@H]1O[C@H](CO)[C@H](O)C(O)C1O. The van der Waals surface area contributed by atoms with Crippen molar-refractivity contribution in [2.24, 2.45) is 0 Å². The zero-order chi connectivity index (χ0) is 35.2. The van der Waals surface area contributed by atoms with Gasteiger partial charge in [0.1, 0.15) is 31.0 Å². The Balaban J connectivity index is 2.41. The zero-order valence-corrected chi connectivity index (χ0v) is 30.2. The summed E-state index contributed by atoms with van der Waals surface area (Å²) in [5.41, 5.74) is 0.